The van der Waals surface area contributed by atoms with Gasteiger partial charge in [-0.15, -0.1) is 0 Å². The monoisotopic (exact) mass is 222 g/mol. The maximum atomic E-state index is 5.87. The molecule has 0 saturated heterocycles. The van der Waals surface area contributed by atoms with Crippen LogP contribution in [0.15, 0.2) is 24.3 Å². The first-order valence-electron chi connectivity index (χ1n) is 4.60. The van der Waals surface area contributed by atoms with Gasteiger partial charge in [-0.3, -0.25) is 5.10 Å². The highest BCUT2D eigenvalue weighted by Crippen LogP contribution is 2.19. The molecule has 15 heavy (non-hydrogen) atoms. The van der Waals surface area contributed by atoms with Crippen LogP contribution in [-0.4, -0.2) is 15.2 Å². The van der Waals surface area contributed by atoms with E-state index in [1.807, 2.05) is 31.2 Å². The van der Waals surface area contributed by atoms with Crippen molar-refractivity contribution in [3.8, 4) is 11.4 Å². The van der Waals surface area contributed by atoms with E-state index in [0.717, 1.165) is 5.56 Å². The van der Waals surface area contributed by atoms with Crippen LogP contribution in [0.5, 0.6) is 0 Å². The average Bonchev–Trinajstić information content (AvgIpc) is 2.66. The molecule has 4 nitrogen and oxygen atoms in total. The summed E-state index contributed by atoms with van der Waals surface area (Å²) in [5.74, 6) is 1.29. The van der Waals surface area contributed by atoms with Crippen molar-refractivity contribution >= 4 is 11.6 Å². The van der Waals surface area contributed by atoms with Gasteiger partial charge in [-0.05, 0) is 19.1 Å². The summed E-state index contributed by atoms with van der Waals surface area (Å²) in [5, 5.41) is 7.53. The molecule has 78 valence electrons. The molecular formula is C10H11ClN4. The molecule has 1 atom stereocenters. The normalized spacial score (nSPS) is 12.7. The van der Waals surface area contributed by atoms with Gasteiger partial charge in [0.15, 0.2) is 5.82 Å². The number of aromatic nitrogens is 3. The van der Waals surface area contributed by atoms with E-state index >= 15 is 0 Å². The van der Waals surface area contributed by atoms with Crippen LogP contribution in [0.1, 0.15) is 18.8 Å². The van der Waals surface area contributed by atoms with Crippen LogP contribution < -0.4 is 5.73 Å². The maximum absolute atomic E-state index is 5.87. The average molecular weight is 223 g/mol. The zero-order valence-corrected chi connectivity index (χ0v) is 8.99. The fraction of sp³-hybridized carbons (Fsp3) is 0.200. The predicted molar refractivity (Wildman–Crippen MR) is 59.4 cm³/mol. The summed E-state index contributed by atoms with van der Waals surface area (Å²) in [6.07, 6.45) is 0. The number of halogens is 1. The summed E-state index contributed by atoms with van der Waals surface area (Å²) >= 11 is 5.87. The number of hydrogen-bond donors (Lipinski definition) is 2. The molecule has 1 heterocycles. The molecule has 0 saturated carbocycles. The quantitative estimate of drug-likeness (QED) is 0.818. The Kier molecular flexibility index (Phi) is 2.70. The third-order valence-corrected chi connectivity index (χ3v) is 2.25. The summed E-state index contributed by atoms with van der Waals surface area (Å²) in [7, 11) is 0. The van der Waals surface area contributed by atoms with Crippen LogP contribution in [0.25, 0.3) is 11.4 Å². The Morgan fingerprint density at radius 2 is 2.27 bits per heavy atom. The standard InChI is InChI=1S/C10H11ClN4/c1-6(12)9-13-10(15-14-9)7-3-2-4-8(11)5-7/h2-6H,12H2,1H3,(H,13,14,15)/t6-/m1/s1. The topological polar surface area (TPSA) is 67.6 Å². The van der Waals surface area contributed by atoms with Gasteiger partial charge in [-0.1, -0.05) is 23.7 Å². The van der Waals surface area contributed by atoms with E-state index in [9.17, 15) is 0 Å². The number of rotatable bonds is 2. The lowest BCUT2D eigenvalue weighted by Gasteiger charge is -1.97. The SMILES string of the molecule is C[C@@H](N)c1nc(-c2cccc(Cl)c2)n[nH]1. The van der Waals surface area contributed by atoms with Crippen molar-refractivity contribution < 1.29 is 0 Å². The number of nitrogens with two attached hydrogens (primary N) is 1. The summed E-state index contributed by atoms with van der Waals surface area (Å²) < 4.78 is 0. The number of nitrogens with one attached hydrogen (secondary N) is 1. The molecule has 0 aliphatic rings. The summed E-state index contributed by atoms with van der Waals surface area (Å²) in [6, 6.07) is 7.24. The van der Waals surface area contributed by atoms with Crippen LogP contribution in [-0.2, 0) is 0 Å². The first-order chi connectivity index (χ1) is 7.16. The van der Waals surface area contributed by atoms with Gasteiger partial charge in [0.05, 0.1) is 6.04 Å². The molecule has 0 bridgehead atoms. The van der Waals surface area contributed by atoms with E-state index in [1.54, 1.807) is 0 Å². The predicted octanol–water partition coefficient (Wildman–Crippen LogP) is 2.14. The van der Waals surface area contributed by atoms with E-state index in [-0.39, 0.29) is 6.04 Å². The van der Waals surface area contributed by atoms with Gasteiger partial charge in [0.25, 0.3) is 0 Å². The first-order valence-corrected chi connectivity index (χ1v) is 4.98. The van der Waals surface area contributed by atoms with Gasteiger partial charge in [0.1, 0.15) is 5.82 Å². The molecule has 0 aliphatic heterocycles. The molecule has 2 rings (SSSR count). The second-order valence-electron chi connectivity index (χ2n) is 3.34. The van der Waals surface area contributed by atoms with Gasteiger partial charge in [-0.2, -0.15) is 5.10 Å². The van der Waals surface area contributed by atoms with E-state index < -0.39 is 0 Å². The molecule has 0 spiro atoms. The van der Waals surface area contributed by atoms with Gasteiger partial charge in [-0.25, -0.2) is 4.98 Å². The van der Waals surface area contributed by atoms with E-state index in [2.05, 4.69) is 15.2 Å². The lowest BCUT2D eigenvalue weighted by molar-refractivity contribution is 0.745. The number of benzene rings is 1. The minimum atomic E-state index is -0.148. The van der Waals surface area contributed by atoms with Crippen molar-refractivity contribution in [3.63, 3.8) is 0 Å². The minimum absolute atomic E-state index is 0.148. The summed E-state index contributed by atoms with van der Waals surface area (Å²) in [4.78, 5) is 4.27. The molecule has 0 amide bonds. The molecule has 1 aromatic heterocycles. The lowest BCUT2D eigenvalue weighted by atomic mass is 10.2. The molecule has 1 aromatic carbocycles. The molecule has 2 aromatic rings. The second-order valence-corrected chi connectivity index (χ2v) is 3.78. The van der Waals surface area contributed by atoms with Gasteiger partial charge in [0, 0.05) is 10.6 Å². The number of aromatic amines is 1. The van der Waals surface area contributed by atoms with Gasteiger partial charge in [0.2, 0.25) is 0 Å². The van der Waals surface area contributed by atoms with E-state index in [0.29, 0.717) is 16.7 Å². The fourth-order valence-corrected chi connectivity index (χ4v) is 1.42. The van der Waals surface area contributed by atoms with Crippen molar-refractivity contribution in [2.75, 3.05) is 0 Å². The maximum Gasteiger partial charge on any atom is 0.181 e. The molecule has 0 aliphatic carbocycles. The molecular weight excluding hydrogens is 212 g/mol. The number of hydrogen-bond acceptors (Lipinski definition) is 3. The molecule has 0 radical (unpaired) electrons. The number of H-pyrrole nitrogens is 1. The van der Waals surface area contributed by atoms with Crippen LogP contribution in [0.3, 0.4) is 0 Å². The van der Waals surface area contributed by atoms with Crippen molar-refractivity contribution in [1.82, 2.24) is 15.2 Å². The molecule has 0 fully saturated rings. The Bertz CT molecular complexity index is 464. The smallest absolute Gasteiger partial charge is 0.181 e. The Labute approximate surface area is 92.5 Å². The van der Waals surface area contributed by atoms with Crippen molar-refractivity contribution in [2.45, 2.75) is 13.0 Å². The third kappa shape index (κ3) is 2.16. The van der Waals surface area contributed by atoms with Gasteiger partial charge < -0.3 is 5.73 Å². The van der Waals surface area contributed by atoms with Gasteiger partial charge >= 0.3 is 0 Å². The summed E-state index contributed by atoms with van der Waals surface area (Å²) in [5.41, 5.74) is 6.56. The van der Waals surface area contributed by atoms with E-state index in [1.165, 1.54) is 0 Å². The highest BCUT2D eigenvalue weighted by atomic mass is 35.5. The van der Waals surface area contributed by atoms with Crippen molar-refractivity contribution in [1.29, 1.82) is 0 Å². The lowest BCUT2D eigenvalue weighted by Crippen LogP contribution is -2.06. The van der Waals surface area contributed by atoms with Crippen LogP contribution in [0.4, 0.5) is 0 Å². The first kappa shape index (κ1) is 10.1. The Hall–Kier alpha value is -1.39. The van der Waals surface area contributed by atoms with Crippen molar-refractivity contribution in [2.24, 2.45) is 5.73 Å². The van der Waals surface area contributed by atoms with Crippen LogP contribution in [0, 0.1) is 0 Å². The molecule has 0 unspecified atom stereocenters. The minimum Gasteiger partial charge on any atom is -0.322 e. The largest absolute Gasteiger partial charge is 0.322 e. The van der Waals surface area contributed by atoms with Crippen LogP contribution in [0.2, 0.25) is 5.02 Å². The highest BCUT2D eigenvalue weighted by molar-refractivity contribution is 6.30. The molecule has 3 N–H and O–H groups in total. The van der Waals surface area contributed by atoms with Crippen LogP contribution >= 0.6 is 11.6 Å². The Morgan fingerprint density at radius 1 is 1.47 bits per heavy atom. The van der Waals surface area contributed by atoms with Crippen molar-refractivity contribution in [3.05, 3.63) is 35.1 Å². The fourth-order valence-electron chi connectivity index (χ4n) is 1.23. The Morgan fingerprint density at radius 3 is 2.87 bits per heavy atom. The zero-order chi connectivity index (χ0) is 10.8. The number of nitrogens with zero attached hydrogens (tertiary/aromatic N) is 2. The zero-order valence-electron chi connectivity index (χ0n) is 8.24. The third-order valence-electron chi connectivity index (χ3n) is 2.02. The highest BCUT2D eigenvalue weighted by Gasteiger charge is 2.08. The van der Waals surface area contributed by atoms with E-state index in [4.69, 9.17) is 17.3 Å². The molecule has 5 heteroatoms. The second kappa shape index (κ2) is 4.00. The Balaban J connectivity index is 2.37. The summed E-state index contributed by atoms with van der Waals surface area (Å²) in [6.45, 7) is 1.85.